The summed E-state index contributed by atoms with van der Waals surface area (Å²) < 4.78 is 15.7. The number of esters is 1. The number of imide groups is 1. The highest BCUT2D eigenvalue weighted by atomic mass is 16.7. The Morgan fingerprint density at radius 3 is 2.53 bits per heavy atom. The van der Waals surface area contributed by atoms with Gasteiger partial charge in [-0.1, -0.05) is 6.07 Å². The van der Waals surface area contributed by atoms with Crippen molar-refractivity contribution in [2.24, 2.45) is 0 Å². The van der Waals surface area contributed by atoms with Crippen molar-refractivity contribution in [2.75, 3.05) is 17.0 Å². The van der Waals surface area contributed by atoms with E-state index in [9.17, 15) is 19.2 Å². The first-order chi connectivity index (χ1) is 14.4. The largest absolute Gasteiger partial charge is 0.454 e. The Morgan fingerprint density at radius 1 is 1.03 bits per heavy atom. The van der Waals surface area contributed by atoms with Gasteiger partial charge < -0.3 is 19.5 Å². The van der Waals surface area contributed by atoms with Gasteiger partial charge in [-0.3, -0.25) is 19.3 Å². The lowest BCUT2D eigenvalue weighted by Gasteiger charge is -2.16. The fourth-order valence-electron chi connectivity index (χ4n) is 3.14. The van der Waals surface area contributed by atoms with Crippen molar-refractivity contribution in [2.45, 2.75) is 25.9 Å². The van der Waals surface area contributed by atoms with E-state index in [-0.39, 0.29) is 37.0 Å². The summed E-state index contributed by atoms with van der Waals surface area (Å²) >= 11 is 0. The number of rotatable bonds is 5. The number of carbonyl (C=O) groups is 4. The topological polar surface area (TPSA) is 111 Å². The fraction of sp³-hybridized carbons (Fsp3) is 0.238. The summed E-state index contributed by atoms with van der Waals surface area (Å²) in [5, 5.41) is 2.65. The van der Waals surface area contributed by atoms with Gasteiger partial charge in [-0.25, -0.2) is 4.79 Å². The number of nitrogens with one attached hydrogen (secondary N) is 1. The molecule has 2 aliphatic heterocycles. The van der Waals surface area contributed by atoms with Gasteiger partial charge in [0.2, 0.25) is 18.6 Å². The van der Waals surface area contributed by atoms with Crippen LogP contribution in [0.25, 0.3) is 0 Å². The van der Waals surface area contributed by atoms with Crippen molar-refractivity contribution in [3.63, 3.8) is 0 Å². The third kappa shape index (κ3) is 3.82. The highest BCUT2D eigenvalue weighted by Gasteiger charge is 2.31. The predicted molar refractivity (Wildman–Crippen MR) is 104 cm³/mol. The molecule has 9 heteroatoms. The smallest absolute Gasteiger partial charge is 0.338 e. The first kappa shape index (κ1) is 19.4. The lowest BCUT2D eigenvalue weighted by Crippen LogP contribution is -2.30. The van der Waals surface area contributed by atoms with Gasteiger partial charge in [0.15, 0.2) is 17.6 Å². The van der Waals surface area contributed by atoms with Crippen LogP contribution < -0.4 is 19.7 Å². The molecule has 0 spiro atoms. The molecule has 1 N–H and O–H groups in total. The van der Waals surface area contributed by atoms with Gasteiger partial charge in [0, 0.05) is 24.6 Å². The second-order valence-electron chi connectivity index (χ2n) is 6.78. The molecule has 0 aliphatic carbocycles. The Labute approximate surface area is 171 Å². The number of anilines is 2. The number of fused-ring (bicyclic) bond motifs is 1. The van der Waals surface area contributed by atoms with Crippen LogP contribution in [0.2, 0.25) is 0 Å². The molecular formula is C21H18N2O7. The van der Waals surface area contributed by atoms with E-state index in [1.165, 1.54) is 19.1 Å². The summed E-state index contributed by atoms with van der Waals surface area (Å²) in [6, 6.07) is 10.9. The summed E-state index contributed by atoms with van der Waals surface area (Å²) in [5.74, 6) is -0.806. The molecule has 30 heavy (non-hydrogen) atoms. The van der Waals surface area contributed by atoms with E-state index >= 15 is 0 Å². The monoisotopic (exact) mass is 410 g/mol. The average molecular weight is 410 g/mol. The molecule has 4 rings (SSSR count). The maximum Gasteiger partial charge on any atom is 0.338 e. The molecule has 0 unspecified atom stereocenters. The number of hydrogen-bond acceptors (Lipinski definition) is 7. The Morgan fingerprint density at radius 2 is 1.77 bits per heavy atom. The Kier molecular flexibility index (Phi) is 5.09. The zero-order valence-corrected chi connectivity index (χ0v) is 16.0. The number of hydrogen-bond donors (Lipinski definition) is 1. The molecule has 154 valence electrons. The molecule has 1 saturated heterocycles. The molecule has 9 nitrogen and oxygen atoms in total. The maximum atomic E-state index is 12.5. The standard InChI is InChI=1S/C21H18N2O7/c1-12(20(26)22-14-5-6-16-17(10-14)29-11-28-16)30-21(27)13-3-2-4-15(9-13)23-18(24)7-8-19(23)25/h2-6,9-10,12H,7-8,11H2,1H3,(H,22,26)/t12-/m1/s1. The van der Waals surface area contributed by atoms with Gasteiger partial charge in [0.1, 0.15) is 0 Å². The van der Waals surface area contributed by atoms with Gasteiger partial charge >= 0.3 is 5.97 Å². The summed E-state index contributed by atoms with van der Waals surface area (Å²) in [5.41, 5.74) is 0.900. The zero-order chi connectivity index (χ0) is 21.3. The van der Waals surface area contributed by atoms with Gasteiger partial charge in [-0.05, 0) is 37.3 Å². The number of benzene rings is 2. The Balaban J connectivity index is 1.41. The first-order valence-corrected chi connectivity index (χ1v) is 9.30. The van der Waals surface area contributed by atoms with E-state index in [0.29, 0.717) is 22.9 Å². The normalized spacial score (nSPS) is 15.8. The molecule has 2 aromatic carbocycles. The highest BCUT2D eigenvalue weighted by Crippen LogP contribution is 2.34. The molecule has 2 aromatic rings. The number of amides is 3. The van der Waals surface area contributed by atoms with Gasteiger partial charge in [-0.15, -0.1) is 0 Å². The molecule has 0 aromatic heterocycles. The predicted octanol–water partition coefficient (Wildman–Crippen LogP) is 2.25. The van der Waals surface area contributed by atoms with E-state index in [2.05, 4.69) is 5.32 Å². The van der Waals surface area contributed by atoms with E-state index in [1.807, 2.05) is 0 Å². The minimum absolute atomic E-state index is 0.119. The fourth-order valence-corrected chi connectivity index (χ4v) is 3.14. The van der Waals surface area contributed by atoms with Crippen LogP contribution in [0, 0.1) is 0 Å². The number of nitrogens with zero attached hydrogens (tertiary/aromatic N) is 1. The SMILES string of the molecule is C[C@@H](OC(=O)c1cccc(N2C(=O)CCC2=O)c1)C(=O)Nc1ccc2c(c1)OCO2. The van der Waals surface area contributed by atoms with Crippen molar-refractivity contribution in [1.29, 1.82) is 0 Å². The molecule has 0 bridgehead atoms. The second-order valence-corrected chi connectivity index (χ2v) is 6.78. The third-order valence-electron chi connectivity index (χ3n) is 4.68. The van der Waals surface area contributed by atoms with Crippen LogP contribution in [-0.2, 0) is 19.1 Å². The van der Waals surface area contributed by atoms with E-state index in [0.717, 1.165) is 4.90 Å². The quantitative estimate of drug-likeness (QED) is 0.594. The molecule has 2 aliphatic rings. The van der Waals surface area contributed by atoms with Gasteiger partial charge in [0.25, 0.3) is 5.91 Å². The van der Waals surface area contributed by atoms with Gasteiger partial charge in [0.05, 0.1) is 11.3 Å². The first-order valence-electron chi connectivity index (χ1n) is 9.30. The minimum Gasteiger partial charge on any atom is -0.454 e. The summed E-state index contributed by atoms with van der Waals surface area (Å²) in [7, 11) is 0. The van der Waals surface area contributed by atoms with Crippen LogP contribution in [0.1, 0.15) is 30.1 Å². The van der Waals surface area contributed by atoms with Crippen LogP contribution in [0.4, 0.5) is 11.4 Å². The summed E-state index contributed by atoms with van der Waals surface area (Å²) in [6.07, 6.45) is -0.795. The minimum atomic E-state index is -1.08. The third-order valence-corrected chi connectivity index (χ3v) is 4.68. The van der Waals surface area contributed by atoms with Crippen LogP contribution in [0.3, 0.4) is 0 Å². The van der Waals surface area contributed by atoms with Crippen LogP contribution in [-0.4, -0.2) is 36.6 Å². The van der Waals surface area contributed by atoms with E-state index < -0.39 is 18.0 Å². The number of carbonyl (C=O) groups excluding carboxylic acids is 4. The molecular weight excluding hydrogens is 392 g/mol. The molecule has 0 saturated carbocycles. The molecule has 1 atom stereocenters. The second kappa shape index (κ2) is 7.86. The van der Waals surface area contributed by atoms with Crippen LogP contribution in [0.15, 0.2) is 42.5 Å². The van der Waals surface area contributed by atoms with Crippen LogP contribution >= 0.6 is 0 Å². The maximum absolute atomic E-state index is 12.5. The molecule has 0 radical (unpaired) electrons. The van der Waals surface area contributed by atoms with Crippen molar-refractivity contribution < 1.29 is 33.4 Å². The Bertz CT molecular complexity index is 1030. The van der Waals surface area contributed by atoms with Crippen molar-refractivity contribution in [3.8, 4) is 11.5 Å². The molecule has 2 heterocycles. The van der Waals surface area contributed by atoms with Crippen molar-refractivity contribution >= 4 is 35.1 Å². The van der Waals surface area contributed by atoms with Crippen molar-refractivity contribution in [3.05, 3.63) is 48.0 Å². The van der Waals surface area contributed by atoms with Gasteiger partial charge in [-0.2, -0.15) is 0 Å². The lowest BCUT2D eigenvalue weighted by molar-refractivity contribution is -0.124. The highest BCUT2D eigenvalue weighted by molar-refractivity contribution is 6.20. The summed E-state index contributed by atoms with van der Waals surface area (Å²) in [4.78, 5) is 49.7. The Hall–Kier alpha value is -3.88. The zero-order valence-electron chi connectivity index (χ0n) is 16.0. The van der Waals surface area contributed by atoms with Crippen molar-refractivity contribution in [1.82, 2.24) is 0 Å². The molecule has 3 amide bonds. The van der Waals surface area contributed by atoms with E-state index in [4.69, 9.17) is 14.2 Å². The number of ether oxygens (including phenoxy) is 3. The molecule has 1 fully saturated rings. The van der Waals surface area contributed by atoms with Crippen LogP contribution in [0.5, 0.6) is 11.5 Å². The lowest BCUT2D eigenvalue weighted by atomic mass is 10.2. The summed E-state index contributed by atoms with van der Waals surface area (Å²) in [6.45, 7) is 1.56. The van der Waals surface area contributed by atoms with E-state index in [1.54, 1.807) is 30.3 Å². The average Bonchev–Trinajstić information content (AvgIpc) is 3.33.